The number of fused-ring (bicyclic) bond motifs is 2. The molecule has 2 aliphatic heterocycles. The fourth-order valence-electron chi connectivity index (χ4n) is 4.46. The van der Waals surface area contributed by atoms with Crippen molar-refractivity contribution < 1.29 is 4.79 Å². The lowest BCUT2D eigenvalue weighted by atomic mass is 9.89. The van der Waals surface area contributed by atoms with Gasteiger partial charge >= 0.3 is 0 Å². The molecule has 0 radical (unpaired) electrons. The van der Waals surface area contributed by atoms with Crippen molar-refractivity contribution in [3.63, 3.8) is 0 Å². The summed E-state index contributed by atoms with van der Waals surface area (Å²) in [6.45, 7) is 5.49. The lowest BCUT2D eigenvalue weighted by Gasteiger charge is -2.29. The first-order chi connectivity index (χ1) is 9.55. The topological polar surface area (TPSA) is 41.1 Å². The molecule has 20 heavy (non-hydrogen) atoms. The Balaban J connectivity index is 1.39. The number of carbonyl (C=O) groups is 1. The van der Waals surface area contributed by atoms with E-state index in [-0.39, 0.29) is 0 Å². The van der Waals surface area contributed by atoms with Crippen LogP contribution in [0.3, 0.4) is 0 Å². The van der Waals surface area contributed by atoms with Crippen molar-refractivity contribution in [1.82, 2.24) is 10.6 Å². The third kappa shape index (κ3) is 3.55. The van der Waals surface area contributed by atoms with Crippen LogP contribution in [-0.4, -0.2) is 24.5 Å². The van der Waals surface area contributed by atoms with E-state index in [1.54, 1.807) is 0 Å². The first-order valence-corrected chi connectivity index (χ1v) is 8.57. The van der Waals surface area contributed by atoms with Gasteiger partial charge in [-0.05, 0) is 62.2 Å². The van der Waals surface area contributed by atoms with Crippen molar-refractivity contribution in [1.29, 1.82) is 0 Å². The Labute approximate surface area is 123 Å². The number of amides is 1. The van der Waals surface area contributed by atoms with Gasteiger partial charge in [0.15, 0.2) is 0 Å². The highest BCUT2D eigenvalue weighted by molar-refractivity contribution is 5.76. The van der Waals surface area contributed by atoms with Gasteiger partial charge in [-0.3, -0.25) is 4.79 Å². The average Bonchev–Trinajstić information content (AvgIpc) is 3.05. The summed E-state index contributed by atoms with van der Waals surface area (Å²) in [6.07, 6.45) is 9.70. The fourth-order valence-corrected chi connectivity index (χ4v) is 4.46. The quantitative estimate of drug-likeness (QED) is 0.784. The van der Waals surface area contributed by atoms with Crippen molar-refractivity contribution in [3.8, 4) is 0 Å². The molecule has 2 N–H and O–H groups in total. The van der Waals surface area contributed by atoms with Crippen molar-refractivity contribution in [3.05, 3.63) is 0 Å². The number of hydrogen-bond donors (Lipinski definition) is 2. The molecule has 3 rings (SSSR count). The lowest BCUT2D eigenvalue weighted by Crippen LogP contribution is -2.40. The number of hydrogen-bond acceptors (Lipinski definition) is 2. The van der Waals surface area contributed by atoms with Gasteiger partial charge in [-0.1, -0.05) is 13.8 Å². The summed E-state index contributed by atoms with van der Waals surface area (Å²) in [5, 5.41) is 6.88. The van der Waals surface area contributed by atoms with E-state index in [1.165, 1.54) is 44.9 Å². The van der Waals surface area contributed by atoms with Crippen molar-refractivity contribution in [2.75, 3.05) is 6.54 Å². The van der Waals surface area contributed by atoms with E-state index in [9.17, 15) is 4.79 Å². The van der Waals surface area contributed by atoms with Gasteiger partial charge in [0.2, 0.25) is 5.91 Å². The SMILES string of the molecule is CC(C)CC1(CNC(=O)CC2CC3CCC(C2)N3)CC1. The summed E-state index contributed by atoms with van der Waals surface area (Å²) < 4.78 is 0. The van der Waals surface area contributed by atoms with Crippen molar-refractivity contribution in [2.24, 2.45) is 17.3 Å². The standard InChI is InChI=1S/C17H30N2O/c1-12(2)10-17(5-6-17)11-18-16(20)9-13-7-14-3-4-15(8-13)19-14/h12-15,19H,3-11H2,1-2H3,(H,18,20). The molecule has 3 aliphatic rings. The molecule has 3 heteroatoms. The maximum Gasteiger partial charge on any atom is 0.220 e. The Hall–Kier alpha value is -0.570. The highest BCUT2D eigenvalue weighted by atomic mass is 16.1. The minimum Gasteiger partial charge on any atom is -0.356 e. The Morgan fingerprint density at radius 1 is 1.25 bits per heavy atom. The second-order valence-electron chi connectivity index (χ2n) is 8.05. The van der Waals surface area contributed by atoms with Crippen LogP contribution in [0.2, 0.25) is 0 Å². The van der Waals surface area contributed by atoms with E-state index in [4.69, 9.17) is 0 Å². The van der Waals surface area contributed by atoms with Crippen LogP contribution in [0.4, 0.5) is 0 Å². The third-order valence-corrected chi connectivity index (χ3v) is 5.50. The van der Waals surface area contributed by atoms with Gasteiger partial charge in [-0.15, -0.1) is 0 Å². The molecule has 0 aromatic rings. The zero-order valence-electron chi connectivity index (χ0n) is 13.1. The first-order valence-electron chi connectivity index (χ1n) is 8.57. The first kappa shape index (κ1) is 14.4. The van der Waals surface area contributed by atoms with Crippen LogP contribution in [0.5, 0.6) is 0 Å². The molecule has 2 atom stereocenters. The van der Waals surface area contributed by atoms with Gasteiger partial charge in [0.05, 0.1) is 0 Å². The molecule has 3 fully saturated rings. The summed E-state index contributed by atoms with van der Waals surface area (Å²) in [6, 6.07) is 1.39. The number of piperidine rings is 1. The van der Waals surface area contributed by atoms with Gasteiger partial charge in [-0.2, -0.15) is 0 Å². The van der Waals surface area contributed by atoms with E-state index in [2.05, 4.69) is 24.5 Å². The van der Waals surface area contributed by atoms with Crippen LogP contribution in [0.1, 0.15) is 65.2 Å². The minimum atomic E-state index is 0.298. The molecule has 2 bridgehead atoms. The largest absolute Gasteiger partial charge is 0.356 e. The molecule has 0 aromatic heterocycles. The molecular weight excluding hydrogens is 248 g/mol. The predicted octanol–water partition coefficient (Wildman–Crippen LogP) is 2.85. The normalized spacial score (nSPS) is 34.2. The Morgan fingerprint density at radius 3 is 2.45 bits per heavy atom. The molecule has 0 aromatic carbocycles. The van der Waals surface area contributed by atoms with Crippen LogP contribution >= 0.6 is 0 Å². The Kier molecular flexibility index (Phi) is 4.07. The van der Waals surface area contributed by atoms with E-state index in [0.29, 0.717) is 29.3 Å². The van der Waals surface area contributed by atoms with E-state index in [0.717, 1.165) is 18.9 Å². The van der Waals surface area contributed by atoms with Gasteiger partial charge < -0.3 is 10.6 Å². The second kappa shape index (κ2) is 5.67. The highest BCUT2D eigenvalue weighted by Crippen LogP contribution is 2.50. The van der Waals surface area contributed by atoms with Crippen LogP contribution in [-0.2, 0) is 4.79 Å². The molecule has 2 unspecified atom stereocenters. The highest BCUT2D eigenvalue weighted by Gasteiger charge is 2.43. The molecule has 114 valence electrons. The van der Waals surface area contributed by atoms with Gasteiger partial charge in [0.25, 0.3) is 0 Å². The molecule has 1 saturated carbocycles. The van der Waals surface area contributed by atoms with Gasteiger partial charge in [-0.25, -0.2) is 0 Å². The maximum atomic E-state index is 12.2. The van der Waals surface area contributed by atoms with E-state index >= 15 is 0 Å². The van der Waals surface area contributed by atoms with E-state index < -0.39 is 0 Å². The third-order valence-electron chi connectivity index (χ3n) is 5.50. The second-order valence-corrected chi connectivity index (χ2v) is 8.05. The Bertz CT molecular complexity index is 350. The summed E-state index contributed by atoms with van der Waals surface area (Å²) in [7, 11) is 0. The maximum absolute atomic E-state index is 12.2. The Morgan fingerprint density at radius 2 is 1.90 bits per heavy atom. The van der Waals surface area contributed by atoms with E-state index in [1.807, 2.05) is 0 Å². The number of rotatable bonds is 6. The fraction of sp³-hybridized carbons (Fsp3) is 0.941. The molecule has 2 saturated heterocycles. The molecule has 1 aliphatic carbocycles. The minimum absolute atomic E-state index is 0.298. The molecule has 0 spiro atoms. The molecule has 1 amide bonds. The molecule has 3 nitrogen and oxygen atoms in total. The monoisotopic (exact) mass is 278 g/mol. The van der Waals surface area contributed by atoms with Crippen molar-refractivity contribution >= 4 is 5.91 Å². The van der Waals surface area contributed by atoms with Gasteiger partial charge in [0, 0.05) is 25.0 Å². The van der Waals surface area contributed by atoms with Crippen LogP contribution in [0.25, 0.3) is 0 Å². The zero-order chi connectivity index (χ0) is 14.2. The predicted molar refractivity (Wildman–Crippen MR) is 81.4 cm³/mol. The molecule has 2 heterocycles. The average molecular weight is 278 g/mol. The summed E-state index contributed by atoms with van der Waals surface area (Å²) in [4.78, 5) is 12.2. The number of nitrogens with one attached hydrogen (secondary N) is 2. The molecular formula is C17H30N2O. The smallest absolute Gasteiger partial charge is 0.220 e. The van der Waals surface area contributed by atoms with Gasteiger partial charge in [0.1, 0.15) is 0 Å². The van der Waals surface area contributed by atoms with Crippen LogP contribution < -0.4 is 10.6 Å². The summed E-state index contributed by atoms with van der Waals surface area (Å²) in [5.41, 5.74) is 0.455. The number of carbonyl (C=O) groups excluding carboxylic acids is 1. The van der Waals surface area contributed by atoms with Crippen LogP contribution in [0.15, 0.2) is 0 Å². The van der Waals surface area contributed by atoms with Crippen LogP contribution in [0, 0.1) is 17.3 Å². The lowest BCUT2D eigenvalue weighted by molar-refractivity contribution is -0.122. The zero-order valence-corrected chi connectivity index (χ0v) is 13.1. The van der Waals surface area contributed by atoms with Crippen molar-refractivity contribution in [2.45, 2.75) is 77.3 Å². The summed E-state index contributed by atoms with van der Waals surface area (Å²) in [5.74, 6) is 1.66. The summed E-state index contributed by atoms with van der Waals surface area (Å²) >= 11 is 0.